The van der Waals surface area contributed by atoms with E-state index in [9.17, 15) is 4.79 Å². The van der Waals surface area contributed by atoms with Gasteiger partial charge >= 0.3 is 0 Å². The molecule has 29 heavy (non-hydrogen) atoms. The van der Waals surface area contributed by atoms with Crippen LogP contribution in [0.25, 0.3) is 5.69 Å². The smallest absolute Gasteiger partial charge is 0.222 e. The van der Waals surface area contributed by atoms with Crippen LogP contribution >= 0.6 is 0 Å². The molecule has 1 aliphatic carbocycles. The van der Waals surface area contributed by atoms with E-state index in [1.807, 2.05) is 59.4 Å². The van der Waals surface area contributed by atoms with Crippen molar-refractivity contribution in [3.63, 3.8) is 0 Å². The lowest BCUT2D eigenvalue weighted by Gasteiger charge is -2.35. The summed E-state index contributed by atoms with van der Waals surface area (Å²) in [6.07, 6.45) is 9.66. The molecule has 1 amide bonds. The molecule has 0 radical (unpaired) electrons. The second-order valence-corrected chi connectivity index (χ2v) is 8.05. The lowest BCUT2D eigenvalue weighted by Crippen LogP contribution is -2.39. The summed E-state index contributed by atoms with van der Waals surface area (Å²) in [7, 11) is 1.98. The molecule has 0 saturated heterocycles. The first kappa shape index (κ1) is 19.4. The summed E-state index contributed by atoms with van der Waals surface area (Å²) in [4.78, 5) is 14.7. The topological polar surface area (TPSA) is 38.1 Å². The zero-order valence-electron chi connectivity index (χ0n) is 17.1. The Labute approximate surface area is 173 Å². The van der Waals surface area contributed by atoms with E-state index in [4.69, 9.17) is 0 Å². The average Bonchev–Trinajstić information content (AvgIpc) is 3.27. The molecule has 4 rings (SSSR count). The summed E-state index contributed by atoms with van der Waals surface area (Å²) in [5.74, 6) is 0.875. The Morgan fingerprint density at radius 3 is 2.34 bits per heavy atom. The van der Waals surface area contributed by atoms with E-state index in [0.717, 1.165) is 43.4 Å². The molecule has 1 aliphatic rings. The molecule has 4 heteroatoms. The fourth-order valence-corrected chi connectivity index (χ4v) is 4.36. The number of para-hydroxylation sites is 1. The number of carbonyl (C=O) groups excluding carboxylic acids is 1. The van der Waals surface area contributed by atoms with Gasteiger partial charge in [-0.2, -0.15) is 5.10 Å². The van der Waals surface area contributed by atoms with E-state index >= 15 is 0 Å². The second kappa shape index (κ2) is 9.08. The van der Waals surface area contributed by atoms with Gasteiger partial charge in [0.15, 0.2) is 0 Å². The minimum Gasteiger partial charge on any atom is -0.343 e. The SMILES string of the molecule is CN(C(=O)CCc1cnn(-c2ccccc2)c1)C1CCC(c2ccccc2)CC1. The highest BCUT2D eigenvalue weighted by Gasteiger charge is 2.27. The van der Waals surface area contributed by atoms with Crippen molar-refractivity contribution in [2.75, 3.05) is 7.05 Å². The van der Waals surface area contributed by atoms with Gasteiger partial charge in [0.05, 0.1) is 11.9 Å². The third-order valence-electron chi connectivity index (χ3n) is 6.19. The van der Waals surface area contributed by atoms with E-state index in [1.165, 1.54) is 5.56 Å². The van der Waals surface area contributed by atoms with E-state index in [0.29, 0.717) is 18.4 Å². The van der Waals surface area contributed by atoms with Crippen LogP contribution in [-0.4, -0.2) is 33.7 Å². The Kier molecular flexibility index (Phi) is 6.09. The molecular weight excluding hydrogens is 358 g/mol. The van der Waals surface area contributed by atoms with Gasteiger partial charge in [0.1, 0.15) is 0 Å². The maximum absolute atomic E-state index is 12.7. The molecule has 0 spiro atoms. The van der Waals surface area contributed by atoms with Crippen LogP contribution in [0.4, 0.5) is 0 Å². The first-order chi connectivity index (χ1) is 14.2. The zero-order valence-corrected chi connectivity index (χ0v) is 17.1. The van der Waals surface area contributed by atoms with Gasteiger partial charge in [-0.05, 0) is 61.3 Å². The molecule has 2 aromatic carbocycles. The van der Waals surface area contributed by atoms with Crippen molar-refractivity contribution < 1.29 is 4.79 Å². The number of rotatable bonds is 6. The van der Waals surface area contributed by atoms with Gasteiger partial charge in [-0.1, -0.05) is 48.5 Å². The van der Waals surface area contributed by atoms with E-state index in [-0.39, 0.29) is 5.91 Å². The second-order valence-electron chi connectivity index (χ2n) is 8.05. The molecular formula is C25H29N3O. The highest BCUT2D eigenvalue weighted by atomic mass is 16.2. The molecule has 1 heterocycles. The van der Waals surface area contributed by atoms with Crippen molar-refractivity contribution in [1.82, 2.24) is 14.7 Å². The fourth-order valence-electron chi connectivity index (χ4n) is 4.36. The summed E-state index contributed by atoms with van der Waals surface area (Å²) in [5, 5.41) is 4.43. The quantitative estimate of drug-likeness (QED) is 0.598. The Hall–Kier alpha value is -2.88. The minimum absolute atomic E-state index is 0.237. The van der Waals surface area contributed by atoms with Crippen LogP contribution in [0.3, 0.4) is 0 Å². The third-order valence-corrected chi connectivity index (χ3v) is 6.19. The summed E-state index contributed by atoms with van der Waals surface area (Å²) >= 11 is 0. The summed E-state index contributed by atoms with van der Waals surface area (Å²) in [6, 6.07) is 21.2. The van der Waals surface area contributed by atoms with Gasteiger partial charge < -0.3 is 4.90 Å². The van der Waals surface area contributed by atoms with Crippen LogP contribution in [0.5, 0.6) is 0 Å². The predicted octanol–water partition coefficient (Wildman–Crippen LogP) is 4.99. The number of aryl methyl sites for hydroxylation is 1. The Bertz CT molecular complexity index is 912. The molecule has 4 nitrogen and oxygen atoms in total. The molecule has 0 aliphatic heterocycles. The van der Waals surface area contributed by atoms with E-state index < -0.39 is 0 Å². The highest BCUT2D eigenvalue weighted by molar-refractivity contribution is 5.76. The van der Waals surface area contributed by atoms with Crippen molar-refractivity contribution in [2.24, 2.45) is 0 Å². The highest BCUT2D eigenvalue weighted by Crippen LogP contribution is 2.34. The predicted molar refractivity (Wildman–Crippen MR) is 116 cm³/mol. The fraction of sp³-hybridized carbons (Fsp3) is 0.360. The summed E-state index contributed by atoms with van der Waals surface area (Å²) in [6.45, 7) is 0. The maximum atomic E-state index is 12.7. The van der Waals surface area contributed by atoms with Crippen molar-refractivity contribution in [3.8, 4) is 5.69 Å². The lowest BCUT2D eigenvalue weighted by molar-refractivity contribution is -0.132. The molecule has 1 fully saturated rings. The van der Waals surface area contributed by atoms with Crippen LogP contribution in [0, 0.1) is 0 Å². The first-order valence-electron chi connectivity index (χ1n) is 10.6. The lowest BCUT2D eigenvalue weighted by atomic mass is 9.81. The van der Waals surface area contributed by atoms with Crippen LogP contribution in [-0.2, 0) is 11.2 Å². The molecule has 0 atom stereocenters. The molecule has 0 unspecified atom stereocenters. The third kappa shape index (κ3) is 4.76. The van der Waals surface area contributed by atoms with Crippen molar-refractivity contribution in [2.45, 2.75) is 50.5 Å². The van der Waals surface area contributed by atoms with E-state index in [1.54, 1.807) is 0 Å². The monoisotopic (exact) mass is 387 g/mol. The Morgan fingerprint density at radius 2 is 1.66 bits per heavy atom. The minimum atomic E-state index is 0.237. The number of carbonyl (C=O) groups is 1. The maximum Gasteiger partial charge on any atom is 0.222 e. The van der Waals surface area contributed by atoms with Crippen LogP contribution in [0.15, 0.2) is 73.1 Å². The molecule has 0 bridgehead atoms. The molecule has 1 saturated carbocycles. The first-order valence-corrected chi connectivity index (χ1v) is 10.6. The van der Waals surface area contributed by atoms with Gasteiger partial charge in [0.2, 0.25) is 5.91 Å². The van der Waals surface area contributed by atoms with Crippen molar-refractivity contribution >= 4 is 5.91 Å². The molecule has 1 aromatic heterocycles. The molecule has 3 aromatic rings. The number of hydrogen-bond acceptors (Lipinski definition) is 2. The largest absolute Gasteiger partial charge is 0.343 e. The van der Waals surface area contributed by atoms with Crippen molar-refractivity contribution in [3.05, 3.63) is 84.2 Å². The number of aromatic nitrogens is 2. The number of hydrogen-bond donors (Lipinski definition) is 0. The molecule has 0 N–H and O–H groups in total. The average molecular weight is 388 g/mol. The number of nitrogens with zero attached hydrogens (tertiary/aromatic N) is 3. The summed E-state index contributed by atoms with van der Waals surface area (Å²) in [5.41, 5.74) is 3.58. The normalized spacial score (nSPS) is 19.1. The van der Waals surface area contributed by atoms with Crippen LogP contribution < -0.4 is 0 Å². The van der Waals surface area contributed by atoms with Gasteiger partial charge in [-0.15, -0.1) is 0 Å². The van der Waals surface area contributed by atoms with Crippen molar-refractivity contribution in [1.29, 1.82) is 0 Å². The van der Waals surface area contributed by atoms with Crippen LogP contribution in [0.2, 0.25) is 0 Å². The number of amides is 1. The van der Waals surface area contributed by atoms with Gasteiger partial charge in [-0.3, -0.25) is 4.79 Å². The van der Waals surface area contributed by atoms with Gasteiger partial charge in [-0.25, -0.2) is 4.68 Å². The Morgan fingerprint density at radius 1 is 1.00 bits per heavy atom. The molecule has 150 valence electrons. The van der Waals surface area contributed by atoms with E-state index in [2.05, 4.69) is 35.4 Å². The number of benzene rings is 2. The Balaban J connectivity index is 1.27. The summed E-state index contributed by atoms with van der Waals surface area (Å²) < 4.78 is 1.87. The zero-order chi connectivity index (χ0) is 20.1. The van der Waals surface area contributed by atoms with Gasteiger partial charge in [0.25, 0.3) is 0 Å². The standard InChI is InChI=1S/C25H29N3O/c1-27(23-15-13-22(14-16-23)21-8-4-2-5-9-21)25(29)17-12-20-18-26-28(19-20)24-10-6-3-7-11-24/h2-11,18-19,22-23H,12-17H2,1H3. The van der Waals surface area contributed by atoms with Crippen LogP contribution in [0.1, 0.15) is 49.1 Å². The van der Waals surface area contributed by atoms with Gasteiger partial charge in [0, 0.05) is 25.7 Å².